The summed E-state index contributed by atoms with van der Waals surface area (Å²) >= 11 is 0. The number of ether oxygens (including phenoxy) is 2. The zero-order valence-electron chi connectivity index (χ0n) is 17.9. The first-order valence-corrected chi connectivity index (χ1v) is 9.98. The highest BCUT2D eigenvalue weighted by Gasteiger charge is 2.21. The molecule has 0 saturated carbocycles. The fourth-order valence-corrected chi connectivity index (χ4v) is 2.98. The van der Waals surface area contributed by atoms with Crippen molar-refractivity contribution in [3.63, 3.8) is 0 Å². The summed E-state index contributed by atoms with van der Waals surface area (Å²) in [5.74, 6) is -2.82. The Bertz CT molecular complexity index is 1190. The highest BCUT2D eigenvalue weighted by atomic mass is 19.1. The van der Waals surface area contributed by atoms with Crippen LogP contribution < -0.4 is 9.47 Å². The first-order chi connectivity index (χ1) is 15.4. The lowest BCUT2D eigenvalue weighted by molar-refractivity contribution is 0.0772. The highest BCUT2D eigenvalue weighted by molar-refractivity contribution is 5.94. The van der Waals surface area contributed by atoms with Gasteiger partial charge in [0.05, 0.1) is 11.6 Å². The molecule has 8 heteroatoms. The summed E-state index contributed by atoms with van der Waals surface area (Å²) in [6.45, 7) is 6.06. The number of hydrogen-bond donors (Lipinski definition) is 0. The van der Waals surface area contributed by atoms with Crippen LogP contribution in [0.1, 0.15) is 35.3 Å². The van der Waals surface area contributed by atoms with Gasteiger partial charge in [0.15, 0.2) is 11.6 Å². The predicted molar refractivity (Wildman–Crippen MR) is 114 cm³/mol. The van der Waals surface area contributed by atoms with Gasteiger partial charge in [-0.15, -0.1) is 0 Å². The summed E-state index contributed by atoms with van der Waals surface area (Å²) in [6.07, 6.45) is 0. The van der Waals surface area contributed by atoms with E-state index in [1.807, 2.05) is 19.9 Å². The van der Waals surface area contributed by atoms with E-state index in [9.17, 15) is 13.6 Å². The minimum atomic E-state index is -0.985. The molecule has 0 atom stereocenters. The Morgan fingerprint density at radius 3 is 2.12 bits per heavy atom. The Hall–Kier alpha value is -3.99. The van der Waals surface area contributed by atoms with Gasteiger partial charge in [-0.3, -0.25) is 4.79 Å². The number of aromatic nitrogens is 1. The van der Waals surface area contributed by atoms with Crippen molar-refractivity contribution in [2.45, 2.75) is 20.8 Å². The van der Waals surface area contributed by atoms with Gasteiger partial charge >= 0.3 is 0 Å². The van der Waals surface area contributed by atoms with E-state index in [1.165, 1.54) is 31.2 Å². The van der Waals surface area contributed by atoms with Crippen molar-refractivity contribution >= 4 is 5.91 Å². The smallest absolute Gasteiger partial charge is 0.259 e. The van der Waals surface area contributed by atoms with Crippen LogP contribution in [-0.4, -0.2) is 28.9 Å². The molecule has 0 aliphatic rings. The molecule has 0 bridgehead atoms. The van der Waals surface area contributed by atoms with Crippen LogP contribution in [0.2, 0.25) is 0 Å². The molecule has 0 N–H and O–H groups in total. The summed E-state index contributed by atoms with van der Waals surface area (Å²) < 4.78 is 40.3. The third-order valence-electron chi connectivity index (χ3n) is 4.76. The van der Waals surface area contributed by atoms with Crippen LogP contribution in [0, 0.1) is 29.9 Å². The van der Waals surface area contributed by atoms with Gasteiger partial charge in [0.1, 0.15) is 11.5 Å². The molecule has 32 heavy (non-hydrogen) atoms. The van der Waals surface area contributed by atoms with Gasteiger partial charge in [-0.25, -0.2) is 8.78 Å². The number of amides is 1. The quantitative estimate of drug-likeness (QED) is 0.480. The molecule has 0 fully saturated rings. The van der Waals surface area contributed by atoms with Gasteiger partial charge in [-0.1, -0.05) is 12.1 Å². The molecule has 1 aromatic heterocycles. The summed E-state index contributed by atoms with van der Waals surface area (Å²) in [5, 5.41) is 9.01. The molecule has 2 aromatic carbocycles. The van der Waals surface area contributed by atoms with Crippen LogP contribution >= 0.6 is 0 Å². The Morgan fingerprint density at radius 2 is 1.56 bits per heavy atom. The number of nitriles is 1. The van der Waals surface area contributed by atoms with Crippen molar-refractivity contribution in [3.8, 4) is 29.3 Å². The van der Waals surface area contributed by atoms with Crippen LogP contribution in [-0.2, 0) is 0 Å². The molecule has 1 heterocycles. The van der Waals surface area contributed by atoms with Gasteiger partial charge in [-0.05, 0) is 57.2 Å². The summed E-state index contributed by atoms with van der Waals surface area (Å²) in [7, 11) is 0. The topological polar surface area (TPSA) is 75.5 Å². The van der Waals surface area contributed by atoms with Crippen LogP contribution in [0.4, 0.5) is 8.78 Å². The molecule has 0 aliphatic heterocycles. The zero-order chi connectivity index (χ0) is 23.3. The van der Waals surface area contributed by atoms with Crippen molar-refractivity contribution < 1.29 is 23.0 Å². The van der Waals surface area contributed by atoms with Crippen molar-refractivity contribution in [1.29, 1.82) is 5.26 Å². The van der Waals surface area contributed by atoms with E-state index < -0.39 is 23.4 Å². The molecule has 0 unspecified atom stereocenters. The minimum absolute atomic E-state index is 0.165. The maximum Gasteiger partial charge on any atom is 0.259 e. The van der Waals surface area contributed by atoms with Crippen molar-refractivity contribution in [2.24, 2.45) is 0 Å². The van der Waals surface area contributed by atoms with Crippen LogP contribution in [0.15, 0.2) is 48.5 Å². The second-order valence-electron chi connectivity index (χ2n) is 6.82. The predicted octanol–water partition coefficient (Wildman–Crippen LogP) is 5.61. The Morgan fingerprint density at radius 1 is 1.00 bits per heavy atom. The second-order valence-corrected chi connectivity index (χ2v) is 6.82. The molecule has 0 radical (unpaired) electrons. The number of carbonyl (C=O) groups is 1. The normalized spacial score (nSPS) is 10.4. The highest BCUT2D eigenvalue weighted by Crippen LogP contribution is 2.33. The van der Waals surface area contributed by atoms with Crippen molar-refractivity contribution in [3.05, 3.63) is 76.9 Å². The monoisotopic (exact) mass is 437 g/mol. The molecular formula is C24H21F2N3O3. The number of benzene rings is 2. The van der Waals surface area contributed by atoms with E-state index in [0.29, 0.717) is 24.2 Å². The number of hydrogen-bond acceptors (Lipinski definition) is 5. The molecule has 1 amide bonds. The first kappa shape index (κ1) is 22.7. The fourth-order valence-electron chi connectivity index (χ4n) is 2.98. The average Bonchev–Trinajstić information content (AvgIpc) is 2.81. The lowest BCUT2D eigenvalue weighted by Gasteiger charge is -2.19. The lowest BCUT2D eigenvalue weighted by Crippen LogP contribution is -2.30. The standard InChI is InChI=1S/C24H21F2N3O3/c1-4-29(5-2)24(30)17-9-7-11-19(13-17)32-23-21(26)15(3)20(25)22(28-23)31-18-10-6-8-16(12-18)14-27/h6-13H,4-5H2,1-3H3. The summed E-state index contributed by atoms with van der Waals surface area (Å²) in [4.78, 5) is 18.1. The summed E-state index contributed by atoms with van der Waals surface area (Å²) in [5.41, 5.74) is 0.347. The molecule has 6 nitrogen and oxygen atoms in total. The van der Waals surface area contributed by atoms with E-state index in [0.717, 1.165) is 0 Å². The molecule has 3 rings (SSSR count). The van der Waals surface area contributed by atoms with Gasteiger partial charge in [-0.2, -0.15) is 10.2 Å². The molecule has 0 spiro atoms. The van der Waals surface area contributed by atoms with Crippen LogP contribution in [0.25, 0.3) is 0 Å². The lowest BCUT2D eigenvalue weighted by atomic mass is 10.2. The molecular weight excluding hydrogens is 416 g/mol. The Labute approximate surface area is 184 Å². The van der Waals surface area contributed by atoms with E-state index in [2.05, 4.69) is 4.98 Å². The Balaban J connectivity index is 1.93. The molecule has 164 valence electrons. The zero-order valence-corrected chi connectivity index (χ0v) is 17.9. The second kappa shape index (κ2) is 9.88. The number of rotatable bonds is 7. The van der Waals surface area contributed by atoms with Gasteiger partial charge in [0, 0.05) is 24.2 Å². The molecule has 3 aromatic rings. The first-order valence-electron chi connectivity index (χ1n) is 9.98. The molecule has 0 saturated heterocycles. The molecule has 0 aliphatic carbocycles. The van der Waals surface area contributed by atoms with Crippen molar-refractivity contribution in [1.82, 2.24) is 9.88 Å². The maximum absolute atomic E-state index is 14.7. The van der Waals surface area contributed by atoms with E-state index >= 15 is 0 Å². The summed E-state index contributed by atoms with van der Waals surface area (Å²) in [6, 6.07) is 14.2. The van der Waals surface area contributed by atoms with Gasteiger partial charge in [0.2, 0.25) is 0 Å². The third kappa shape index (κ3) is 4.83. The number of carbonyl (C=O) groups excluding carboxylic acids is 1. The van der Waals surface area contributed by atoms with Crippen LogP contribution in [0.5, 0.6) is 23.3 Å². The number of halogens is 2. The number of pyridine rings is 1. The van der Waals surface area contributed by atoms with Gasteiger partial charge in [0.25, 0.3) is 17.7 Å². The minimum Gasteiger partial charge on any atom is -0.436 e. The van der Waals surface area contributed by atoms with Crippen molar-refractivity contribution in [2.75, 3.05) is 13.1 Å². The SMILES string of the molecule is CCN(CC)C(=O)c1cccc(Oc2nc(Oc3cccc(C#N)c3)c(F)c(C)c2F)c1. The van der Waals surface area contributed by atoms with E-state index in [-0.39, 0.29) is 23.0 Å². The third-order valence-corrected chi connectivity index (χ3v) is 4.76. The van der Waals surface area contributed by atoms with E-state index in [1.54, 1.807) is 29.2 Å². The fraction of sp³-hybridized carbons (Fsp3) is 0.208. The maximum atomic E-state index is 14.7. The Kier molecular flexibility index (Phi) is 7.00. The van der Waals surface area contributed by atoms with Crippen LogP contribution in [0.3, 0.4) is 0 Å². The van der Waals surface area contributed by atoms with E-state index in [4.69, 9.17) is 14.7 Å². The van der Waals surface area contributed by atoms with Gasteiger partial charge < -0.3 is 14.4 Å². The largest absolute Gasteiger partial charge is 0.436 e. The average molecular weight is 437 g/mol. The number of nitrogens with zero attached hydrogens (tertiary/aromatic N) is 3.